The van der Waals surface area contributed by atoms with E-state index in [-0.39, 0.29) is 4.90 Å². The largest absolute Gasteiger partial charge is 0.497 e. The van der Waals surface area contributed by atoms with E-state index in [1.165, 1.54) is 25.4 Å². The molecule has 148 valence electrons. The molecule has 0 spiro atoms. The lowest BCUT2D eigenvalue weighted by atomic mass is 10.1. The Labute approximate surface area is 178 Å². The fraction of sp³-hybridized carbons (Fsp3) is 0.100. The second-order valence-electron chi connectivity index (χ2n) is 6.31. The second kappa shape index (κ2) is 7.67. The number of pyridine rings is 1. The summed E-state index contributed by atoms with van der Waals surface area (Å²) in [5.74, 6) is 0.586. The molecule has 1 aliphatic rings. The Morgan fingerprint density at radius 1 is 1.03 bits per heavy atom. The zero-order chi connectivity index (χ0) is 20.6. The van der Waals surface area contributed by atoms with Crippen molar-refractivity contribution in [2.75, 3.05) is 11.8 Å². The molecular weight excluding hydrogens is 433 g/mol. The number of sulfonamides is 1. The van der Waals surface area contributed by atoms with Gasteiger partial charge in [-0.3, -0.25) is 9.71 Å². The Morgan fingerprint density at radius 3 is 2.38 bits per heavy atom. The SMILES string of the molecule is COc1ccc(S(=O)(=O)Nc2ccc(C3=Nc4c(ncc(Cl)c4Cl)C3)cc2)cc1. The van der Waals surface area contributed by atoms with Gasteiger partial charge in [-0.2, -0.15) is 0 Å². The van der Waals surface area contributed by atoms with Crippen LogP contribution in [0.25, 0.3) is 0 Å². The van der Waals surface area contributed by atoms with E-state index in [0.717, 1.165) is 17.0 Å². The number of nitrogens with zero attached hydrogens (tertiary/aromatic N) is 2. The van der Waals surface area contributed by atoms with Crippen LogP contribution in [0.3, 0.4) is 0 Å². The van der Waals surface area contributed by atoms with Gasteiger partial charge in [-0.25, -0.2) is 13.4 Å². The number of hydrogen-bond acceptors (Lipinski definition) is 5. The van der Waals surface area contributed by atoms with Crippen molar-refractivity contribution in [2.24, 2.45) is 4.99 Å². The molecule has 0 fully saturated rings. The maximum atomic E-state index is 12.5. The Morgan fingerprint density at radius 2 is 1.72 bits per heavy atom. The molecule has 2 aromatic carbocycles. The Hall–Kier alpha value is -2.61. The molecule has 0 bridgehead atoms. The van der Waals surface area contributed by atoms with E-state index in [1.807, 2.05) is 0 Å². The van der Waals surface area contributed by atoms with Crippen molar-refractivity contribution in [3.05, 3.63) is 76.0 Å². The second-order valence-corrected chi connectivity index (χ2v) is 8.78. The zero-order valence-electron chi connectivity index (χ0n) is 15.2. The summed E-state index contributed by atoms with van der Waals surface area (Å²) >= 11 is 12.2. The molecule has 2 heterocycles. The monoisotopic (exact) mass is 447 g/mol. The number of rotatable bonds is 5. The lowest BCUT2D eigenvalue weighted by molar-refractivity contribution is 0.414. The molecule has 3 aromatic rings. The summed E-state index contributed by atoms with van der Waals surface area (Å²) in [5, 5.41) is 0.745. The lowest BCUT2D eigenvalue weighted by Gasteiger charge is -2.09. The van der Waals surface area contributed by atoms with Gasteiger partial charge in [0.2, 0.25) is 0 Å². The molecule has 29 heavy (non-hydrogen) atoms. The van der Waals surface area contributed by atoms with Gasteiger partial charge >= 0.3 is 0 Å². The van der Waals surface area contributed by atoms with Crippen LogP contribution >= 0.6 is 23.2 Å². The molecule has 0 radical (unpaired) electrons. The van der Waals surface area contributed by atoms with Crippen LogP contribution in [0.2, 0.25) is 10.0 Å². The molecule has 1 aliphatic heterocycles. The summed E-state index contributed by atoms with van der Waals surface area (Å²) in [6, 6.07) is 13.1. The van der Waals surface area contributed by atoms with E-state index in [2.05, 4.69) is 14.7 Å². The minimum atomic E-state index is -3.70. The Bertz CT molecular complexity index is 1210. The predicted octanol–water partition coefficient (Wildman–Crippen LogP) is 4.87. The molecule has 0 unspecified atom stereocenters. The van der Waals surface area contributed by atoms with Crippen LogP contribution in [0.15, 0.2) is 64.6 Å². The smallest absolute Gasteiger partial charge is 0.261 e. The standard InChI is InChI=1S/C20H15Cl2N3O3S/c1-28-14-6-8-15(9-7-14)29(26,27)25-13-4-2-12(3-5-13)17-10-18-20(24-17)19(22)16(21)11-23-18/h2-9,11,25H,10H2,1H3. The maximum Gasteiger partial charge on any atom is 0.261 e. The number of fused-ring (bicyclic) bond motifs is 1. The van der Waals surface area contributed by atoms with Crippen LogP contribution in [0.1, 0.15) is 11.3 Å². The van der Waals surface area contributed by atoms with Crippen LogP contribution in [-0.4, -0.2) is 26.2 Å². The highest BCUT2D eigenvalue weighted by atomic mass is 35.5. The molecule has 0 saturated heterocycles. The molecule has 1 N–H and O–H groups in total. The third-order valence-corrected chi connectivity index (χ3v) is 6.61. The van der Waals surface area contributed by atoms with Crippen molar-refractivity contribution in [2.45, 2.75) is 11.3 Å². The van der Waals surface area contributed by atoms with Crippen LogP contribution < -0.4 is 9.46 Å². The average molecular weight is 448 g/mol. The van der Waals surface area contributed by atoms with Gasteiger partial charge in [0.25, 0.3) is 10.0 Å². The highest BCUT2D eigenvalue weighted by Gasteiger charge is 2.22. The quantitative estimate of drug-likeness (QED) is 0.604. The highest BCUT2D eigenvalue weighted by Crippen LogP contribution is 2.38. The van der Waals surface area contributed by atoms with Crippen molar-refractivity contribution in [3.63, 3.8) is 0 Å². The van der Waals surface area contributed by atoms with E-state index in [9.17, 15) is 8.42 Å². The molecule has 4 rings (SSSR count). The number of aromatic nitrogens is 1. The first kappa shape index (κ1) is 19.7. The summed E-state index contributed by atoms with van der Waals surface area (Å²) in [5.41, 5.74) is 3.43. The summed E-state index contributed by atoms with van der Waals surface area (Å²) < 4.78 is 32.7. The number of ether oxygens (including phenoxy) is 1. The third-order valence-electron chi connectivity index (χ3n) is 4.45. The van der Waals surface area contributed by atoms with Gasteiger partial charge in [0, 0.05) is 18.3 Å². The molecule has 1 aromatic heterocycles. The predicted molar refractivity (Wildman–Crippen MR) is 114 cm³/mol. The maximum absolute atomic E-state index is 12.5. The Balaban J connectivity index is 1.53. The molecule has 0 saturated carbocycles. The van der Waals surface area contributed by atoms with Crippen LogP contribution in [0, 0.1) is 0 Å². The Kier molecular flexibility index (Phi) is 5.21. The lowest BCUT2D eigenvalue weighted by Crippen LogP contribution is -2.13. The van der Waals surface area contributed by atoms with Crippen molar-refractivity contribution < 1.29 is 13.2 Å². The number of hydrogen-bond donors (Lipinski definition) is 1. The third kappa shape index (κ3) is 3.94. The van der Waals surface area contributed by atoms with Gasteiger partial charge < -0.3 is 4.74 Å². The van der Waals surface area contributed by atoms with Crippen molar-refractivity contribution in [1.29, 1.82) is 0 Å². The molecular formula is C20H15Cl2N3O3S. The summed E-state index contributed by atoms with van der Waals surface area (Å²) in [6.45, 7) is 0. The average Bonchev–Trinajstić information content (AvgIpc) is 3.16. The number of benzene rings is 2. The van der Waals surface area contributed by atoms with Crippen LogP contribution in [0.5, 0.6) is 5.75 Å². The summed E-state index contributed by atoms with van der Waals surface area (Å²) in [7, 11) is -2.18. The highest BCUT2D eigenvalue weighted by molar-refractivity contribution is 7.92. The first-order chi connectivity index (χ1) is 13.9. The van der Waals surface area contributed by atoms with Crippen molar-refractivity contribution in [1.82, 2.24) is 4.98 Å². The van der Waals surface area contributed by atoms with Crippen molar-refractivity contribution >= 4 is 50.3 Å². The van der Waals surface area contributed by atoms with E-state index in [1.54, 1.807) is 36.4 Å². The summed E-state index contributed by atoms with van der Waals surface area (Å²) in [4.78, 5) is 8.96. The van der Waals surface area contributed by atoms with E-state index in [0.29, 0.717) is 33.6 Å². The van der Waals surface area contributed by atoms with Gasteiger partial charge in [0.05, 0.1) is 33.5 Å². The number of anilines is 1. The number of nitrogens with one attached hydrogen (secondary N) is 1. The van der Waals surface area contributed by atoms with Gasteiger partial charge in [-0.1, -0.05) is 35.3 Å². The zero-order valence-corrected chi connectivity index (χ0v) is 17.5. The molecule has 0 atom stereocenters. The van der Waals surface area contributed by atoms with E-state index in [4.69, 9.17) is 27.9 Å². The molecule has 0 aliphatic carbocycles. The number of aliphatic imine (C=N–C) groups is 1. The topological polar surface area (TPSA) is 80.7 Å². The minimum Gasteiger partial charge on any atom is -0.497 e. The summed E-state index contributed by atoms with van der Waals surface area (Å²) in [6.07, 6.45) is 2.04. The molecule has 9 heteroatoms. The van der Waals surface area contributed by atoms with Crippen LogP contribution in [-0.2, 0) is 16.4 Å². The molecule has 6 nitrogen and oxygen atoms in total. The first-order valence-corrected chi connectivity index (χ1v) is 10.8. The first-order valence-electron chi connectivity index (χ1n) is 8.55. The van der Waals surface area contributed by atoms with Crippen LogP contribution in [0.4, 0.5) is 11.4 Å². The van der Waals surface area contributed by atoms with Gasteiger partial charge in [-0.05, 0) is 42.0 Å². The van der Waals surface area contributed by atoms with Gasteiger partial charge in [-0.15, -0.1) is 0 Å². The number of halogens is 2. The number of methoxy groups -OCH3 is 1. The fourth-order valence-electron chi connectivity index (χ4n) is 2.93. The van der Waals surface area contributed by atoms with E-state index < -0.39 is 10.0 Å². The van der Waals surface area contributed by atoms with Gasteiger partial charge in [0.15, 0.2) is 0 Å². The van der Waals surface area contributed by atoms with Gasteiger partial charge in [0.1, 0.15) is 11.4 Å². The van der Waals surface area contributed by atoms with Crippen molar-refractivity contribution in [3.8, 4) is 5.75 Å². The molecule has 0 amide bonds. The normalized spacial score (nSPS) is 13.0. The minimum absolute atomic E-state index is 0.149. The van der Waals surface area contributed by atoms with E-state index >= 15 is 0 Å². The fourth-order valence-corrected chi connectivity index (χ4v) is 4.33.